The molecular formula is C28H28BrClFN3O3. The molecule has 37 heavy (non-hydrogen) atoms. The fourth-order valence-electron chi connectivity index (χ4n) is 4.35. The van der Waals surface area contributed by atoms with Crippen molar-refractivity contribution in [2.75, 3.05) is 46.1 Å². The van der Waals surface area contributed by atoms with Crippen LogP contribution < -0.4 is 0 Å². The van der Waals surface area contributed by atoms with Crippen molar-refractivity contribution in [3.8, 4) is 11.8 Å². The third kappa shape index (κ3) is 6.60. The molecule has 0 bridgehead atoms. The Labute approximate surface area is 229 Å². The number of morpholine rings is 1. The number of carbonyl (C=O) groups excluding carboxylic acids is 1. The minimum atomic E-state index is -0.512. The van der Waals surface area contributed by atoms with Gasteiger partial charge < -0.3 is 14.0 Å². The van der Waals surface area contributed by atoms with E-state index in [9.17, 15) is 4.79 Å². The van der Waals surface area contributed by atoms with Gasteiger partial charge in [0.25, 0.3) is 0 Å². The minimum Gasteiger partial charge on any atom is -0.379 e. The smallest absolute Gasteiger partial charge is 0.188 e. The summed E-state index contributed by atoms with van der Waals surface area (Å²) in [4.78, 5) is 19.8. The molecular weight excluding hydrogens is 561 g/mol. The van der Waals surface area contributed by atoms with Crippen molar-refractivity contribution in [3.63, 3.8) is 0 Å². The predicted octanol–water partition coefficient (Wildman–Crippen LogP) is 5.13. The number of Topliss-reactive ketones (excluding diaryl/α,β-unsaturated/α-hetero) is 1. The highest BCUT2D eigenvalue weighted by molar-refractivity contribution is 9.10. The second kappa shape index (κ2) is 12.1. The normalized spacial score (nSPS) is 16.1. The van der Waals surface area contributed by atoms with Crippen LogP contribution in [0.15, 0.2) is 35.1 Å². The lowest BCUT2D eigenvalue weighted by Gasteiger charge is -2.24. The molecule has 1 aromatic heterocycles. The average Bonchev–Trinajstić information content (AvgIpc) is 3.63. The van der Waals surface area contributed by atoms with Crippen molar-refractivity contribution in [3.05, 3.63) is 62.6 Å². The summed E-state index contributed by atoms with van der Waals surface area (Å²) in [6, 6.07) is 7.16. The quantitative estimate of drug-likeness (QED) is 0.256. The number of ketones is 1. The van der Waals surface area contributed by atoms with E-state index in [1.165, 1.54) is 0 Å². The Morgan fingerprint density at radius 3 is 2.76 bits per heavy atom. The summed E-state index contributed by atoms with van der Waals surface area (Å²) in [5.41, 5.74) is 2.05. The van der Waals surface area contributed by atoms with E-state index in [4.69, 9.17) is 21.1 Å². The number of nitrogens with zero attached hydrogens (tertiary/aromatic N) is 3. The zero-order valence-corrected chi connectivity index (χ0v) is 22.8. The molecule has 2 heterocycles. The third-order valence-electron chi connectivity index (χ3n) is 6.70. The Kier molecular flexibility index (Phi) is 8.58. The second-order valence-electron chi connectivity index (χ2n) is 9.49. The molecule has 2 fully saturated rings. The Bertz CT molecular complexity index is 1360. The van der Waals surface area contributed by atoms with E-state index in [0.717, 1.165) is 49.2 Å². The van der Waals surface area contributed by atoms with Crippen LogP contribution in [0.5, 0.6) is 0 Å². The minimum absolute atomic E-state index is 0.0873. The van der Waals surface area contributed by atoms with Crippen molar-refractivity contribution >= 4 is 44.3 Å². The summed E-state index contributed by atoms with van der Waals surface area (Å²) in [7, 11) is 0. The van der Waals surface area contributed by atoms with Crippen LogP contribution in [0.2, 0.25) is 5.02 Å². The lowest BCUT2D eigenvalue weighted by atomic mass is 9.95. The summed E-state index contributed by atoms with van der Waals surface area (Å²) in [6.07, 6.45) is 4.01. The number of benzene rings is 2. The molecule has 1 aliphatic heterocycles. The van der Waals surface area contributed by atoms with Gasteiger partial charge in [-0.05, 0) is 42.5 Å². The van der Waals surface area contributed by atoms with Crippen LogP contribution in [0.1, 0.15) is 34.3 Å². The van der Waals surface area contributed by atoms with Gasteiger partial charge >= 0.3 is 0 Å². The molecule has 2 aliphatic rings. The monoisotopic (exact) mass is 587 g/mol. The molecule has 9 heteroatoms. The van der Waals surface area contributed by atoms with E-state index in [2.05, 4.69) is 37.7 Å². The van der Waals surface area contributed by atoms with Gasteiger partial charge in [0.15, 0.2) is 11.6 Å². The number of ether oxygens (including phenoxy) is 2. The molecule has 5 rings (SSSR count). The maximum Gasteiger partial charge on any atom is 0.188 e. The maximum atomic E-state index is 15.9. The van der Waals surface area contributed by atoms with Gasteiger partial charge in [-0.15, -0.1) is 0 Å². The van der Waals surface area contributed by atoms with Gasteiger partial charge in [0, 0.05) is 40.1 Å². The number of hydrogen-bond acceptors (Lipinski definition) is 5. The molecule has 0 N–H and O–H groups in total. The van der Waals surface area contributed by atoms with Crippen molar-refractivity contribution in [2.24, 2.45) is 5.92 Å². The molecule has 1 saturated carbocycles. The maximum absolute atomic E-state index is 15.9. The molecule has 0 spiro atoms. The molecule has 1 saturated heterocycles. The van der Waals surface area contributed by atoms with Crippen LogP contribution in [-0.2, 0) is 22.4 Å². The summed E-state index contributed by atoms with van der Waals surface area (Å²) in [5.74, 6) is 6.10. The van der Waals surface area contributed by atoms with Crippen LogP contribution >= 0.6 is 27.5 Å². The molecule has 0 amide bonds. The van der Waals surface area contributed by atoms with E-state index in [1.54, 1.807) is 23.0 Å². The summed E-state index contributed by atoms with van der Waals surface area (Å²) < 4.78 is 29.6. The standard InChI is InChI=1S/C28H28BrClFN3O3/c29-21-6-5-20(24(30)14-21)13-23-22(26(35)17-37-16-19-3-4-19)15-25-28(27(23)31)32-18-34(25)8-2-1-7-33-9-11-36-12-10-33/h5-6,14-15,18-19H,3-4,7-13,16-17H2. The fourth-order valence-corrected chi connectivity index (χ4v) is 5.09. The zero-order chi connectivity index (χ0) is 25.8. The highest BCUT2D eigenvalue weighted by Gasteiger charge is 2.25. The SMILES string of the molecule is O=C(COCC1CC1)c1cc2c(ncn2CC#CCN2CCOCC2)c(F)c1Cc1ccc(Br)cc1Cl. The predicted molar refractivity (Wildman–Crippen MR) is 145 cm³/mol. The van der Waals surface area contributed by atoms with Crippen molar-refractivity contribution in [1.29, 1.82) is 0 Å². The van der Waals surface area contributed by atoms with E-state index in [0.29, 0.717) is 41.7 Å². The van der Waals surface area contributed by atoms with Gasteiger partial charge in [0.2, 0.25) is 0 Å². The third-order valence-corrected chi connectivity index (χ3v) is 7.55. The summed E-state index contributed by atoms with van der Waals surface area (Å²) in [5, 5.41) is 0.498. The van der Waals surface area contributed by atoms with Crippen LogP contribution in [0.4, 0.5) is 4.39 Å². The van der Waals surface area contributed by atoms with Crippen LogP contribution in [-0.4, -0.2) is 66.3 Å². The van der Waals surface area contributed by atoms with Gasteiger partial charge in [-0.2, -0.15) is 0 Å². The lowest BCUT2D eigenvalue weighted by molar-refractivity contribution is 0.0443. The average molecular weight is 589 g/mol. The van der Waals surface area contributed by atoms with E-state index in [1.807, 2.05) is 12.1 Å². The van der Waals surface area contributed by atoms with Gasteiger partial charge in [0.1, 0.15) is 12.1 Å². The Balaban J connectivity index is 1.43. The van der Waals surface area contributed by atoms with E-state index >= 15 is 4.39 Å². The molecule has 3 aromatic rings. The van der Waals surface area contributed by atoms with Crippen molar-refractivity contribution in [1.82, 2.24) is 14.5 Å². The van der Waals surface area contributed by atoms with E-state index in [-0.39, 0.29) is 29.9 Å². The number of rotatable bonds is 9. The molecule has 0 atom stereocenters. The number of fused-ring (bicyclic) bond motifs is 1. The highest BCUT2D eigenvalue weighted by atomic mass is 79.9. The van der Waals surface area contributed by atoms with Crippen LogP contribution in [0.25, 0.3) is 11.0 Å². The summed E-state index contributed by atoms with van der Waals surface area (Å²) in [6.45, 7) is 4.66. The Morgan fingerprint density at radius 1 is 1.22 bits per heavy atom. The molecule has 2 aromatic carbocycles. The van der Waals surface area contributed by atoms with Gasteiger partial charge in [-0.25, -0.2) is 9.37 Å². The molecule has 0 unspecified atom stereocenters. The first-order valence-corrected chi connectivity index (χ1v) is 13.6. The molecule has 1 aliphatic carbocycles. The van der Waals surface area contributed by atoms with Crippen LogP contribution in [0.3, 0.4) is 0 Å². The fraction of sp³-hybridized carbons (Fsp3) is 0.429. The largest absolute Gasteiger partial charge is 0.379 e. The number of carbonyl (C=O) groups is 1. The first-order valence-electron chi connectivity index (χ1n) is 12.5. The van der Waals surface area contributed by atoms with Gasteiger partial charge in [-0.3, -0.25) is 9.69 Å². The zero-order valence-electron chi connectivity index (χ0n) is 20.4. The first kappa shape index (κ1) is 26.3. The first-order chi connectivity index (χ1) is 18.0. The molecule has 0 radical (unpaired) electrons. The number of hydrogen-bond donors (Lipinski definition) is 0. The van der Waals surface area contributed by atoms with Crippen molar-refractivity contribution < 1.29 is 18.7 Å². The topological polar surface area (TPSA) is 56.6 Å². The van der Waals surface area contributed by atoms with E-state index < -0.39 is 5.82 Å². The Hall–Kier alpha value is -2.28. The van der Waals surface area contributed by atoms with Gasteiger partial charge in [-0.1, -0.05) is 45.4 Å². The van der Waals surface area contributed by atoms with Crippen molar-refractivity contribution in [2.45, 2.75) is 25.8 Å². The Morgan fingerprint density at radius 2 is 2.00 bits per heavy atom. The van der Waals surface area contributed by atoms with Crippen LogP contribution in [0, 0.1) is 23.6 Å². The number of imidazole rings is 1. The highest BCUT2D eigenvalue weighted by Crippen LogP contribution is 2.31. The van der Waals surface area contributed by atoms with Gasteiger partial charge in [0.05, 0.1) is 44.8 Å². The molecule has 6 nitrogen and oxygen atoms in total. The summed E-state index contributed by atoms with van der Waals surface area (Å²) >= 11 is 9.83. The lowest BCUT2D eigenvalue weighted by Crippen LogP contribution is -2.36. The second-order valence-corrected chi connectivity index (χ2v) is 10.8. The molecule has 194 valence electrons. The number of aromatic nitrogens is 2. The number of halogens is 3.